The Morgan fingerprint density at radius 1 is 1.43 bits per heavy atom. The molecule has 21 heavy (non-hydrogen) atoms. The monoisotopic (exact) mass is 334 g/mol. The molecule has 1 fully saturated rings. The van der Waals surface area contributed by atoms with Crippen LogP contribution in [0.3, 0.4) is 0 Å². The lowest BCUT2D eigenvalue weighted by Gasteiger charge is -2.15. The first-order chi connectivity index (χ1) is 9.81. The molecular weight excluding hydrogens is 320 g/mol. The van der Waals surface area contributed by atoms with Crippen molar-refractivity contribution in [2.24, 2.45) is 5.92 Å². The minimum Gasteiger partial charge on any atom is -0.393 e. The molecule has 2 atom stereocenters. The Morgan fingerprint density at radius 3 is 2.71 bits per heavy atom. The summed E-state index contributed by atoms with van der Waals surface area (Å²) in [5.74, 6) is -0.123. The van der Waals surface area contributed by atoms with E-state index in [9.17, 15) is 23.6 Å². The lowest BCUT2D eigenvalue weighted by atomic mass is 10.1. The lowest BCUT2D eigenvalue weighted by molar-refractivity contribution is -0.384. The predicted molar refractivity (Wildman–Crippen MR) is 76.6 cm³/mol. The van der Waals surface area contributed by atoms with Gasteiger partial charge in [0.25, 0.3) is 5.69 Å². The van der Waals surface area contributed by atoms with Gasteiger partial charge in [-0.05, 0) is 30.9 Å². The van der Waals surface area contributed by atoms with E-state index >= 15 is 0 Å². The second-order valence-corrected chi connectivity index (χ2v) is 7.15. The summed E-state index contributed by atoms with van der Waals surface area (Å²) in [6.45, 7) is 0.111. The van der Waals surface area contributed by atoms with Gasteiger partial charge in [0.2, 0.25) is 10.0 Å². The fourth-order valence-electron chi connectivity index (χ4n) is 2.35. The first-order valence-corrected chi connectivity index (χ1v) is 8.29. The Hall–Kier alpha value is -1.22. The van der Waals surface area contributed by atoms with Gasteiger partial charge in [-0.2, -0.15) is 0 Å². The lowest BCUT2D eigenvalue weighted by Crippen LogP contribution is -2.32. The molecule has 116 valence electrons. The molecule has 1 aromatic carbocycles. The minimum absolute atomic E-state index is 0.111. The summed E-state index contributed by atoms with van der Waals surface area (Å²) in [4.78, 5) is 9.83. The second-order valence-electron chi connectivity index (χ2n) is 4.98. The Labute approximate surface area is 127 Å². The maximum Gasteiger partial charge on any atom is 0.289 e. The fourth-order valence-corrected chi connectivity index (χ4v) is 3.66. The number of halogens is 1. The van der Waals surface area contributed by atoms with Crippen LogP contribution >= 0.6 is 11.6 Å². The fraction of sp³-hybridized carbons (Fsp3) is 0.500. The number of hydrogen-bond donors (Lipinski definition) is 2. The van der Waals surface area contributed by atoms with Crippen LogP contribution in [0.4, 0.5) is 5.69 Å². The van der Waals surface area contributed by atoms with Crippen molar-refractivity contribution in [3.05, 3.63) is 33.3 Å². The van der Waals surface area contributed by atoms with Gasteiger partial charge in [-0.1, -0.05) is 18.0 Å². The quantitative estimate of drug-likeness (QED) is 0.629. The van der Waals surface area contributed by atoms with Crippen LogP contribution in [0.15, 0.2) is 23.1 Å². The van der Waals surface area contributed by atoms with E-state index in [0.29, 0.717) is 6.42 Å². The molecule has 0 radical (unpaired) electrons. The first-order valence-electron chi connectivity index (χ1n) is 6.43. The minimum atomic E-state index is -3.87. The van der Waals surface area contributed by atoms with Crippen molar-refractivity contribution in [3.63, 3.8) is 0 Å². The van der Waals surface area contributed by atoms with Gasteiger partial charge in [0.05, 0.1) is 15.9 Å². The van der Waals surface area contributed by atoms with Crippen LogP contribution in [-0.2, 0) is 10.0 Å². The molecule has 9 heteroatoms. The summed E-state index contributed by atoms with van der Waals surface area (Å²) >= 11 is 5.65. The van der Waals surface area contributed by atoms with Gasteiger partial charge >= 0.3 is 0 Å². The zero-order valence-electron chi connectivity index (χ0n) is 11.0. The van der Waals surface area contributed by atoms with E-state index in [2.05, 4.69) is 4.72 Å². The van der Waals surface area contributed by atoms with Crippen molar-refractivity contribution in [1.82, 2.24) is 4.72 Å². The molecule has 0 heterocycles. The number of nitro benzene ring substituents is 1. The Bertz CT molecular complexity index is 649. The SMILES string of the molecule is O=[N+]([O-])c1cc(S(=O)(=O)NCC2CCCC2O)ccc1Cl. The van der Waals surface area contributed by atoms with Crippen molar-refractivity contribution in [2.75, 3.05) is 6.54 Å². The zero-order chi connectivity index (χ0) is 15.6. The third kappa shape index (κ3) is 3.70. The van der Waals surface area contributed by atoms with Gasteiger partial charge in [-0.25, -0.2) is 13.1 Å². The van der Waals surface area contributed by atoms with Crippen LogP contribution in [0.1, 0.15) is 19.3 Å². The molecule has 0 bridgehead atoms. The molecular formula is C12H15ClN2O5S. The van der Waals surface area contributed by atoms with Crippen LogP contribution in [0.25, 0.3) is 0 Å². The van der Waals surface area contributed by atoms with Crippen LogP contribution in [0.2, 0.25) is 5.02 Å². The number of nitrogens with zero attached hydrogens (tertiary/aromatic N) is 1. The Kier molecular flexibility index (Phi) is 4.82. The van der Waals surface area contributed by atoms with Crippen molar-refractivity contribution in [3.8, 4) is 0 Å². The summed E-state index contributed by atoms with van der Waals surface area (Å²) in [5, 5.41) is 20.3. The third-order valence-corrected chi connectivity index (χ3v) is 5.32. The van der Waals surface area contributed by atoms with Gasteiger partial charge in [-0.15, -0.1) is 0 Å². The van der Waals surface area contributed by atoms with E-state index in [4.69, 9.17) is 11.6 Å². The Morgan fingerprint density at radius 2 is 2.14 bits per heavy atom. The van der Waals surface area contributed by atoms with Crippen LogP contribution in [-0.4, -0.2) is 31.1 Å². The number of aliphatic hydroxyl groups excluding tert-OH is 1. The predicted octanol–water partition coefficient (Wildman–Crippen LogP) is 1.69. The summed E-state index contributed by atoms with van der Waals surface area (Å²) in [6.07, 6.45) is 1.77. The molecule has 0 aromatic heterocycles. The van der Waals surface area contributed by atoms with Crippen LogP contribution < -0.4 is 4.72 Å². The standard InChI is InChI=1S/C12H15ClN2O5S/c13-10-5-4-9(6-11(10)15(17)18)21(19,20)14-7-8-2-1-3-12(8)16/h4-6,8,12,14,16H,1-3,7H2. The first kappa shape index (κ1) is 16.2. The molecule has 1 aliphatic carbocycles. The number of nitrogens with one attached hydrogen (secondary N) is 1. The number of hydrogen-bond acceptors (Lipinski definition) is 5. The smallest absolute Gasteiger partial charge is 0.289 e. The maximum absolute atomic E-state index is 12.1. The highest BCUT2D eigenvalue weighted by molar-refractivity contribution is 7.89. The normalized spacial score (nSPS) is 22.4. The highest BCUT2D eigenvalue weighted by Gasteiger charge is 2.27. The van der Waals surface area contributed by atoms with Crippen molar-refractivity contribution in [2.45, 2.75) is 30.3 Å². The average molecular weight is 335 g/mol. The highest BCUT2D eigenvalue weighted by atomic mass is 35.5. The topological polar surface area (TPSA) is 110 Å². The van der Waals surface area contributed by atoms with Crippen LogP contribution in [0, 0.1) is 16.0 Å². The van der Waals surface area contributed by atoms with E-state index in [1.54, 1.807) is 0 Å². The van der Waals surface area contributed by atoms with Crippen LogP contribution in [0.5, 0.6) is 0 Å². The average Bonchev–Trinajstić information content (AvgIpc) is 2.82. The number of nitro groups is 1. The van der Waals surface area contributed by atoms with Gasteiger partial charge in [0.15, 0.2) is 0 Å². The van der Waals surface area contributed by atoms with Gasteiger partial charge < -0.3 is 5.11 Å². The molecule has 0 saturated heterocycles. The number of benzene rings is 1. The van der Waals surface area contributed by atoms with Crippen molar-refractivity contribution >= 4 is 27.3 Å². The molecule has 2 rings (SSSR count). The summed E-state index contributed by atoms with van der Waals surface area (Å²) in [5.41, 5.74) is -0.458. The molecule has 1 saturated carbocycles. The number of aliphatic hydroxyl groups is 1. The largest absolute Gasteiger partial charge is 0.393 e. The van der Waals surface area contributed by atoms with Gasteiger partial charge in [0.1, 0.15) is 5.02 Å². The summed E-state index contributed by atoms with van der Waals surface area (Å²) in [7, 11) is -3.87. The zero-order valence-corrected chi connectivity index (χ0v) is 12.6. The molecule has 1 aliphatic rings. The molecule has 2 unspecified atom stereocenters. The van der Waals surface area contributed by atoms with Gasteiger partial charge in [0, 0.05) is 12.6 Å². The number of rotatable bonds is 5. The second kappa shape index (κ2) is 6.27. The van der Waals surface area contributed by atoms with E-state index < -0.39 is 26.7 Å². The molecule has 0 spiro atoms. The third-order valence-electron chi connectivity index (χ3n) is 3.58. The summed E-state index contributed by atoms with van der Waals surface area (Å²) < 4.78 is 26.6. The Balaban J connectivity index is 2.15. The van der Waals surface area contributed by atoms with Crippen molar-refractivity contribution in [1.29, 1.82) is 0 Å². The molecule has 2 N–H and O–H groups in total. The van der Waals surface area contributed by atoms with E-state index in [1.807, 2.05) is 0 Å². The van der Waals surface area contributed by atoms with Crippen molar-refractivity contribution < 1.29 is 18.4 Å². The van der Waals surface area contributed by atoms with E-state index in [0.717, 1.165) is 18.9 Å². The molecule has 0 aliphatic heterocycles. The molecule has 0 amide bonds. The molecule has 7 nitrogen and oxygen atoms in total. The summed E-state index contributed by atoms with van der Waals surface area (Å²) in [6, 6.07) is 3.32. The highest BCUT2D eigenvalue weighted by Crippen LogP contribution is 2.28. The maximum atomic E-state index is 12.1. The van der Waals surface area contributed by atoms with Gasteiger partial charge in [-0.3, -0.25) is 10.1 Å². The van der Waals surface area contributed by atoms with E-state index in [-0.39, 0.29) is 22.4 Å². The number of sulfonamides is 1. The molecule has 1 aromatic rings. The van der Waals surface area contributed by atoms with E-state index in [1.165, 1.54) is 12.1 Å².